The lowest BCUT2D eigenvalue weighted by Gasteiger charge is -2.03. The van der Waals surface area contributed by atoms with Crippen molar-refractivity contribution in [1.82, 2.24) is 4.98 Å². The van der Waals surface area contributed by atoms with Gasteiger partial charge >= 0.3 is 0 Å². The van der Waals surface area contributed by atoms with Gasteiger partial charge in [-0.2, -0.15) is 0 Å². The number of halogens is 1. The van der Waals surface area contributed by atoms with Gasteiger partial charge in [-0.25, -0.2) is 4.98 Å². The fraction of sp³-hybridized carbons (Fsp3) is 0.231. The average Bonchev–Trinajstić information content (AvgIpc) is 2.78. The van der Waals surface area contributed by atoms with E-state index >= 15 is 0 Å². The molecule has 0 aliphatic heterocycles. The minimum Gasteiger partial charge on any atom is -0.302 e. The van der Waals surface area contributed by atoms with Gasteiger partial charge in [0.15, 0.2) is 5.13 Å². The number of carbonyl (C=O) groups is 1. The van der Waals surface area contributed by atoms with Crippen LogP contribution in [0.1, 0.15) is 13.8 Å². The summed E-state index contributed by atoms with van der Waals surface area (Å²) in [6.07, 6.45) is 0. The van der Waals surface area contributed by atoms with E-state index in [1.54, 1.807) is 0 Å². The molecule has 0 fully saturated rings. The second kappa shape index (κ2) is 5.79. The predicted molar refractivity (Wildman–Crippen MR) is 83.7 cm³/mol. The molecule has 1 aromatic carbocycles. The third kappa shape index (κ3) is 3.29. The van der Waals surface area contributed by atoms with E-state index in [9.17, 15) is 4.79 Å². The molecule has 0 radical (unpaired) electrons. The minimum atomic E-state index is -0.0318. The molecule has 18 heavy (non-hydrogen) atoms. The molecule has 0 aliphatic carbocycles. The Kier molecular flexibility index (Phi) is 4.34. The summed E-state index contributed by atoms with van der Waals surface area (Å²) in [5, 5.41) is 5.42. The Bertz CT molecular complexity index is 548. The summed E-state index contributed by atoms with van der Waals surface area (Å²) in [5.41, 5.74) is 1.96. The largest absolute Gasteiger partial charge is 0.302 e. The average molecular weight is 372 g/mol. The number of benzene rings is 1. The second-order valence-corrected chi connectivity index (χ2v) is 6.29. The van der Waals surface area contributed by atoms with Crippen molar-refractivity contribution in [2.24, 2.45) is 5.92 Å². The van der Waals surface area contributed by atoms with Crippen LogP contribution in [0.4, 0.5) is 5.13 Å². The summed E-state index contributed by atoms with van der Waals surface area (Å²) >= 11 is 3.72. The molecule has 2 rings (SSSR count). The fourth-order valence-corrected chi connectivity index (χ4v) is 2.42. The Labute approximate surface area is 124 Å². The van der Waals surface area contributed by atoms with Crippen molar-refractivity contribution in [3.63, 3.8) is 0 Å². The summed E-state index contributed by atoms with van der Waals surface area (Å²) in [6, 6.07) is 8.15. The lowest BCUT2D eigenvalue weighted by molar-refractivity contribution is -0.118. The number of nitrogens with one attached hydrogen (secondary N) is 1. The van der Waals surface area contributed by atoms with Crippen molar-refractivity contribution in [3.05, 3.63) is 33.2 Å². The van der Waals surface area contributed by atoms with Crippen molar-refractivity contribution < 1.29 is 4.79 Å². The Morgan fingerprint density at radius 1 is 1.33 bits per heavy atom. The van der Waals surface area contributed by atoms with E-state index in [4.69, 9.17) is 0 Å². The van der Waals surface area contributed by atoms with Crippen LogP contribution in [-0.4, -0.2) is 10.9 Å². The van der Waals surface area contributed by atoms with Crippen LogP contribution >= 0.6 is 33.9 Å². The first-order valence-corrected chi connectivity index (χ1v) is 7.54. The number of anilines is 1. The van der Waals surface area contributed by atoms with Gasteiger partial charge in [-0.05, 0) is 34.7 Å². The highest BCUT2D eigenvalue weighted by Crippen LogP contribution is 2.25. The lowest BCUT2D eigenvalue weighted by atomic mass is 10.2. The molecule has 1 aromatic heterocycles. The number of hydrogen-bond donors (Lipinski definition) is 1. The van der Waals surface area contributed by atoms with Crippen LogP contribution in [0, 0.1) is 9.49 Å². The predicted octanol–water partition coefficient (Wildman–Crippen LogP) is 4.01. The summed E-state index contributed by atoms with van der Waals surface area (Å²) in [4.78, 5) is 16.0. The summed E-state index contributed by atoms with van der Waals surface area (Å²) in [7, 11) is 0. The van der Waals surface area contributed by atoms with E-state index in [1.807, 2.05) is 43.5 Å². The zero-order valence-electron chi connectivity index (χ0n) is 10.1. The third-order valence-electron chi connectivity index (χ3n) is 2.40. The highest BCUT2D eigenvalue weighted by molar-refractivity contribution is 14.1. The quantitative estimate of drug-likeness (QED) is 0.828. The van der Waals surface area contributed by atoms with Gasteiger partial charge in [0.05, 0.1) is 5.69 Å². The highest BCUT2D eigenvalue weighted by atomic mass is 127. The van der Waals surface area contributed by atoms with Crippen molar-refractivity contribution in [2.75, 3.05) is 5.32 Å². The SMILES string of the molecule is CC(C)C(=O)Nc1nc(-c2ccc(I)cc2)cs1. The number of nitrogens with zero attached hydrogens (tertiary/aromatic N) is 1. The molecule has 1 heterocycles. The number of rotatable bonds is 3. The monoisotopic (exact) mass is 372 g/mol. The van der Waals surface area contributed by atoms with Crippen molar-refractivity contribution in [2.45, 2.75) is 13.8 Å². The zero-order valence-corrected chi connectivity index (χ0v) is 13.1. The van der Waals surface area contributed by atoms with Crippen LogP contribution in [0.3, 0.4) is 0 Å². The van der Waals surface area contributed by atoms with Gasteiger partial charge < -0.3 is 5.32 Å². The van der Waals surface area contributed by atoms with Crippen LogP contribution in [0.2, 0.25) is 0 Å². The van der Waals surface area contributed by atoms with Gasteiger partial charge in [-0.3, -0.25) is 4.79 Å². The molecule has 1 N–H and O–H groups in total. The number of thiazole rings is 1. The van der Waals surface area contributed by atoms with Crippen molar-refractivity contribution in [1.29, 1.82) is 0 Å². The molecule has 0 spiro atoms. The van der Waals surface area contributed by atoms with Crippen molar-refractivity contribution >= 4 is 45.0 Å². The molecular formula is C13H13IN2OS. The third-order valence-corrected chi connectivity index (χ3v) is 3.88. The Balaban J connectivity index is 2.15. The van der Waals surface area contributed by atoms with E-state index < -0.39 is 0 Å². The maximum absolute atomic E-state index is 11.6. The second-order valence-electron chi connectivity index (χ2n) is 4.19. The molecule has 0 unspecified atom stereocenters. The molecule has 0 aliphatic rings. The molecule has 0 atom stereocenters. The van der Waals surface area contributed by atoms with Gasteiger partial charge in [-0.1, -0.05) is 26.0 Å². The van der Waals surface area contributed by atoms with E-state index in [-0.39, 0.29) is 11.8 Å². The fourth-order valence-electron chi connectivity index (χ4n) is 1.33. The van der Waals surface area contributed by atoms with Crippen LogP contribution in [0.15, 0.2) is 29.6 Å². The molecule has 2 aromatic rings. The number of aromatic nitrogens is 1. The van der Waals surface area contributed by atoms with E-state index in [0.717, 1.165) is 11.3 Å². The summed E-state index contributed by atoms with van der Waals surface area (Å²) in [6.45, 7) is 3.73. The maximum atomic E-state index is 11.6. The van der Waals surface area contributed by atoms with E-state index in [1.165, 1.54) is 14.9 Å². The standard InChI is InChI=1S/C13H13IN2OS/c1-8(2)12(17)16-13-15-11(7-18-13)9-3-5-10(14)6-4-9/h3-8H,1-2H3,(H,15,16,17). The Morgan fingerprint density at radius 3 is 2.61 bits per heavy atom. The molecule has 3 nitrogen and oxygen atoms in total. The van der Waals surface area contributed by atoms with E-state index in [0.29, 0.717) is 5.13 Å². The van der Waals surface area contributed by atoms with Crippen molar-refractivity contribution in [3.8, 4) is 11.3 Å². The first kappa shape index (κ1) is 13.5. The van der Waals surface area contributed by atoms with Crippen LogP contribution < -0.4 is 5.32 Å². The van der Waals surface area contributed by atoms with Crippen LogP contribution in [0.25, 0.3) is 11.3 Å². The summed E-state index contributed by atoms with van der Waals surface area (Å²) < 4.78 is 1.19. The maximum Gasteiger partial charge on any atom is 0.228 e. The first-order valence-electron chi connectivity index (χ1n) is 5.58. The first-order chi connectivity index (χ1) is 8.56. The molecule has 1 amide bonds. The zero-order chi connectivity index (χ0) is 13.1. The number of carbonyl (C=O) groups excluding carboxylic acids is 1. The molecule has 0 bridgehead atoms. The summed E-state index contributed by atoms with van der Waals surface area (Å²) in [5.74, 6) is -0.0332. The van der Waals surface area contributed by atoms with Gasteiger partial charge in [0.1, 0.15) is 0 Å². The van der Waals surface area contributed by atoms with Crippen LogP contribution in [-0.2, 0) is 4.79 Å². The number of hydrogen-bond acceptors (Lipinski definition) is 3. The molecule has 0 saturated heterocycles. The Morgan fingerprint density at radius 2 is 2.00 bits per heavy atom. The highest BCUT2D eigenvalue weighted by Gasteiger charge is 2.10. The minimum absolute atomic E-state index is 0.00138. The lowest BCUT2D eigenvalue weighted by Crippen LogP contribution is -2.17. The van der Waals surface area contributed by atoms with Gasteiger partial charge in [0, 0.05) is 20.4 Å². The molecular weight excluding hydrogens is 359 g/mol. The molecule has 5 heteroatoms. The van der Waals surface area contributed by atoms with Crippen LogP contribution in [0.5, 0.6) is 0 Å². The molecule has 94 valence electrons. The number of amides is 1. The Hall–Kier alpha value is -0.950. The molecule has 0 saturated carbocycles. The normalized spacial score (nSPS) is 10.7. The smallest absolute Gasteiger partial charge is 0.228 e. The van der Waals surface area contributed by atoms with Gasteiger partial charge in [0.25, 0.3) is 0 Å². The van der Waals surface area contributed by atoms with Gasteiger partial charge in [-0.15, -0.1) is 11.3 Å². The topological polar surface area (TPSA) is 42.0 Å². The van der Waals surface area contributed by atoms with Gasteiger partial charge in [0.2, 0.25) is 5.91 Å². The van der Waals surface area contributed by atoms with E-state index in [2.05, 4.69) is 32.9 Å².